The Kier molecular flexibility index (Phi) is 2.75. The minimum atomic E-state index is -0.498. The highest BCUT2D eigenvalue weighted by molar-refractivity contribution is 4.94. The van der Waals surface area contributed by atoms with E-state index in [0.717, 1.165) is 25.7 Å². The predicted molar refractivity (Wildman–Crippen MR) is 60.3 cm³/mol. The van der Waals surface area contributed by atoms with Crippen molar-refractivity contribution in [2.24, 2.45) is 11.7 Å². The molecule has 90 valence electrons. The SMILES string of the molecule is CC1CCCC(CN)(n2c(=O)[nH][nH]c2=O)C1. The van der Waals surface area contributed by atoms with Gasteiger partial charge in [0.2, 0.25) is 0 Å². The van der Waals surface area contributed by atoms with E-state index in [9.17, 15) is 9.59 Å². The molecule has 0 saturated heterocycles. The molecule has 0 radical (unpaired) electrons. The van der Waals surface area contributed by atoms with Gasteiger partial charge in [0.25, 0.3) is 0 Å². The normalized spacial score (nSPS) is 30.5. The van der Waals surface area contributed by atoms with Crippen LogP contribution in [0.2, 0.25) is 0 Å². The van der Waals surface area contributed by atoms with Crippen LogP contribution in [-0.2, 0) is 5.54 Å². The van der Waals surface area contributed by atoms with Gasteiger partial charge >= 0.3 is 11.4 Å². The third-order valence-corrected chi connectivity index (χ3v) is 3.60. The van der Waals surface area contributed by atoms with E-state index in [4.69, 9.17) is 5.73 Å². The molecule has 0 aliphatic heterocycles. The Labute approximate surface area is 92.8 Å². The van der Waals surface area contributed by atoms with Crippen molar-refractivity contribution in [2.75, 3.05) is 6.54 Å². The molecule has 2 unspecified atom stereocenters. The van der Waals surface area contributed by atoms with Crippen molar-refractivity contribution in [3.8, 4) is 0 Å². The summed E-state index contributed by atoms with van der Waals surface area (Å²) in [4.78, 5) is 23.3. The van der Waals surface area contributed by atoms with Gasteiger partial charge in [-0.25, -0.2) is 24.4 Å². The Hall–Kier alpha value is -1.30. The van der Waals surface area contributed by atoms with Crippen LogP contribution in [-0.4, -0.2) is 21.3 Å². The Bertz CT molecular complexity index is 444. The molecule has 1 heterocycles. The molecule has 4 N–H and O–H groups in total. The summed E-state index contributed by atoms with van der Waals surface area (Å²) >= 11 is 0. The van der Waals surface area contributed by atoms with Crippen molar-refractivity contribution in [2.45, 2.75) is 38.1 Å². The second kappa shape index (κ2) is 3.93. The van der Waals surface area contributed by atoms with Crippen LogP contribution in [0.4, 0.5) is 0 Å². The molecule has 1 aromatic rings. The zero-order valence-corrected chi connectivity index (χ0v) is 9.45. The first kappa shape index (κ1) is 11.2. The van der Waals surface area contributed by atoms with Crippen LogP contribution < -0.4 is 17.1 Å². The number of nitrogens with zero attached hydrogens (tertiary/aromatic N) is 1. The van der Waals surface area contributed by atoms with Crippen LogP contribution >= 0.6 is 0 Å². The standard InChI is InChI=1S/C10H18N4O2/c1-7-3-2-4-10(5-7,6-11)14-8(15)12-13-9(14)16/h7H,2-6,11H2,1H3,(H,12,15)(H,13,16). The highest BCUT2D eigenvalue weighted by Gasteiger charge is 2.38. The van der Waals surface area contributed by atoms with Gasteiger partial charge in [0.05, 0.1) is 5.54 Å². The maximum absolute atomic E-state index is 11.6. The lowest BCUT2D eigenvalue weighted by Crippen LogP contribution is -2.52. The quantitative estimate of drug-likeness (QED) is 0.647. The van der Waals surface area contributed by atoms with Gasteiger partial charge in [-0.1, -0.05) is 19.8 Å². The van der Waals surface area contributed by atoms with E-state index < -0.39 is 5.54 Å². The highest BCUT2D eigenvalue weighted by atomic mass is 16.2. The molecule has 6 nitrogen and oxygen atoms in total. The number of nitrogens with two attached hydrogens (primary N) is 1. The molecule has 2 atom stereocenters. The van der Waals surface area contributed by atoms with Crippen molar-refractivity contribution in [1.29, 1.82) is 0 Å². The number of hydrogen-bond acceptors (Lipinski definition) is 3. The average Bonchev–Trinajstić information content (AvgIpc) is 2.59. The van der Waals surface area contributed by atoms with E-state index in [1.54, 1.807) is 0 Å². The summed E-state index contributed by atoms with van der Waals surface area (Å²) in [5, 5.41) is 4.64. The molecule has 1 aliphatic carbocycles. The fourth-order valence-electron chi connectivity index (χ4n) is 2.85. The number of H-pyrrole nitrogens is 2. The molecule has 1 aliphatic rings. The van der Waals surface area contributed by atoms with E-state index in [-0.39, 0.29) is 11.4 Å². The molecule has 6 heteroatoms. The van der Waals surface area contributed by atoms with Crippen molar-refractivity contribution >= 4 is 0 Å². The summed E-state index contributed by atoms with van der Waals surface area (Å²) < 4.78 is 1.27. The van der Waals surface area contributed by atoms with Crippen molar-refractivity contribution in [3.05, 3.63) is 21.0 Å². The minimum absolute atomic E-state index is 0.332. The molecule has 2 rings (SSSR count). The number of hydrogen-bond donors (Lipinski definition) is 3. The van der Waals surface area contributed by atoms with Gasteiger partial charge in [0, 0.05) is 6.54 Å². The molecule has 0 aromatic carbocycles. The lowest BCUT2D eigenvalue weighted by atomic mass is 9.76. The minimum Gasteiger partial charge on any atom is -0.328 e. The Morgan fingerprint density at radius 2 is 2.06 bits per heavy atom. The van der Waals surface area contributed by atoms with E-state index in [1.165, 1.54) is 4.57 Å². The second-order valence-corrected chi connectivity index (χ2v) is 4.83. The Morgan fingerprint density at radius 1 is 1.44 bits per heavy atom. The van der Waals surface area contributed by atoms with Gasteiger partial charge in [-0.05, 0) is 18.8 Å². The Balaban J connectivity index is 2.49. The van der Waals surface area contributed by atoms with Crippen LogP contribution in [0, 0.1) is 5.92 Å². The highest BCUT2D eigenvalue weighted by Crippen LogP contribution is 2.35. The first-order valence-electron chi connectivity index (χ1n) is 5.69. The van der Waals surface area contributed by atoms with Crippen LogP contribution in [0.5, 0.6) is 0 Å². The Morgan fingerprint density at radius 3 is 2.56 bits per heavy atom. The lowest BCUT2D eigenvalue weighted by molar-refractivity contribution is 0.152. The van der Waals surface area contributed by atoms with Crippen molar-refractivity contribution < 1.29 is 0 Å². The summed E-state index contributed by atoms with van der Waals surface area (Å²) in [7, 11) is 0. The van der Waals surface area contributed by atoms with Gasteiger partial charge < -0.3 is 5.73 Å². The smallest absolute Gasteiger partial charge is 0.328 e. The molecular formula is C10H18N4O2. The van der Waals surface area contributed by atoms with Gasteiger partial charge in [-0.2, -0.15) is 0 Å². The monoisotopic (exact) mass is 226 g/mol. The summed E-state index contributed by atoms with van der Waals surface area (Å²) in [5.74, 6) is 0.499. The number of aromatic nitrogens is 3. The first-order chi connectivity index (χ1) is 7.59. The largest absolute Gasteiger partial charge is 0.344 e. The van der Waals surface area contributed by atoms with Gasteiger partial charge in [-0.15, -0.1) is 0 Å². The predicted octanol–water partition coefficient (Wildman–Crippen LogP) is -0.271. The zero-order chi connectivity index (χ0) is 11.8. The topological polar surface area (TPSA) is 96.7 Å². The molecule has 1 aromatic heterocycles. The molecule has 16 heavy (non-hydrogen) atoms. The molecule has 1 fully saturated rings. The van der Waals surface area contributed by atoms with E-state index in [1.807, 2.05) is 0 Å². The van der Waals surface area contributed by atoms with Crippen LogP contribution in [0.3, 0.4) is 0 Å². The van der Waals surface area contributed by atoms with Gasteiger partial charge in [0.1, 0.15) is 0 Å². The summed E-state index contributed by atoms with van der Waals surface area (Å²) in [5.41, 5.74) is 4.54. The number of aromatic amines is 2. The average molecular weight is 226 g/mol. The zero-order valence-electron chi connectivity index (χ0n) is 9.45. The van der Waals surface area contributed by atoms with Crippen molar-refractivity contribution in [3.63, 3.8) is 0 Å². The first-order valence-corrected chi connectivity index (χ1v) is 5.69. The molecule has 1 saturated carbocycles. The number of nitrogens with one attached hydrogen (secondary N) is 2. The molecular weight excluding hydrogens is 208 g/mol. The third-order valence-electron chi connectivity index (χ3n) is 3.60. The molecule has 0 spiro atoms. The maximum Gasteiger partial charge on any atom is 0.344 e. The summed E-state index contributed by atoms with van der Waals surface area (Å²) in [6.07, 6.45) is 3.74. The summed E-state index contributed by atoms with van der Waals surface area (Å²) in [6, 6.07) is 0. The van der Waals surface area contributed by atoms with Crippen LogP contribution in [0.1, 0.15) is 32.6 Å². The van der Waals surface area contributed by atoms with Crippen molar-refractivity contribution in [1.82, 2.24) is 14.8 Å². The van der Waals surface area contributed by atoms with Gasteiger partial charge in [0.15, 0.2) is 0 Å². The van der Waals surface area contributed by atoms with Gasteiger partial charge in [-0.3, -0.25) is 0 Å². The maximum atomic E-state index is 11.6. The van der Waals surface area contributed by atoms with E-state index in [0.29, 0.717) is 12.5 Å². The fraction of sp³-hybridized carbons (Fsp3) is 0.800. The van der Waals surface area contributed by atoms with E-state index in [2.05, 4.69) is 17.1 Å². The lowest BCUT2D eigenvalue weighted by Gasteiger charge is -2.38. The van der Waals surface area contributed by atoms with Crippen LogP contribution in [0.15, 0.2) is 9.59 Å². The van der Waals surface area contributed by atoms with E-state index >= 15 is 0 Å². The molecule has 0 bridgehead atoms. The third kappa shape index (κ3) is 1.63. The second-order valence-electron chi connectivity index (χ2n) is 4.83. The fourth-order valence-corrected chi connectivity index (χ4v) is 2.85. The van der Waals surface area contributed by atoms with Crippen LogP contribution in [0.25, 0.3) is 0 Å². The number of rotatable bonds is 2. The summed E-state index contributed by atoms with van der Waals surface area (Å²) in [6.45, 7) is 2.47. The molecule has 0 amide bonds.